The number of halogens is 2. The minimum atomic E-state index is -0.545. The summed E-state index contributed by atoms with van der Waals surface area (Å²) >= 11 is 3.02. The van der Waals surface area contributed by atoms with E-state index >= 15 is 0 Å². The number of ether oxygens (including phenoxy) is 1. The van der Waals surface area contributed by atoms with Crippen LogP contribution in [0.15, 0.2) is 16.7 Å². The predicted octanol–water partition coefficient (Wildman–Crippen LogP) is 2.38. The van der Waals surface area contributed by atoms with Gasteiger partial charge in [0.1, 0.15) is 10.2 Å². The Hall–Kier alpha value is -0.640. The number of nitrogens with zero attached hydrogens (tertiary/aromatic N) is 1. The topological polar surface area (TPSA) is 22.1 Å². The fourth-order valence-corrected chi connectivity index (χ4v) is 1.02. The van der Waals surface area contributed by atoms with Crippen molar-refractivity contribution in [2.45, 2.75) is 6.92 Å². The molecule has 0 aliphatic carbocycles. The predicted molar refractivity (Wildman–Crippen MR) is 43.1 cm³/mol. The summed E-state index contributed by atoms with van der Waals surface area (Å²) in [5.41, 5.74) is 0. The fourth-order valence-electron chi connectivity index (χ4n) is 0.669. The van der Waals surface area contributed by atoms with Crippen LogP contribution in [-0.4, -0.2) is 11.6 Å². The maximum atomic E-state index is 12.7. The summed E-state index contributed by atoms with van der Waals surface area (Å²) in [7, 11) is 0. The van der Waals surface area contributed by atoms with Crippen molar-refractivity contribution in [3.05, 3.63) is 22.7 Å². The smallest absolute Gasteiger partial charge is 0.230 e. The van der Waals surface area contributed by atoms with Crippen molar-refractivity contribution < 1.29 is 9.13 Å². The average molecular weight is 220 g/mol. The second kappa shape index (κ2) is 3.67. The van der Waals surface area contributed by atoms with Gasteiger partial charge in [0.25, 0.3) is 0 Å². The molecular weight excluding hydrogens is 213 g/mol. The third-order valence-corrected chi connectivity index (χ3v) is 1.83. The van der Waals surface area contributed by atoms with Gasteiger partial charge >= 0.3 is 0 Å². The van der Waals surface area contributed by atoms with E-state index in [2.05, 4.69) is 20.9 Å². The van der Waals surface area contributed by atoms with Gasteiger partial charge in [-0.25, -0.2) is 4.98 Å². The lowest BCUT2D eigenvalue weighted by Crippen LogP contribution is -1.94. The minimum absolute atomic E-state index is 0.279. The molecule has 0 saturated heterocycles. The molecule has 0 fully saturated rings. The second-order valence-corrected chi connectivity index (χ2v) is 2.64. The van der Waals surface area contributed by atoms with Crippen LogP contribution in [-0.2, 0) is 0 Å². The van der Waals surface area contributed by atoms with Crippen LogP contribution in [0, 0.1) is 5.95 Å². The number of pyridine rings is 1. The van der Waals surface area contributed by atoms with E-state index in [4.69, 9.17) is 4.74 Å². The van der Waals surface area contributed by atoms with E-state index in [1.54, 1.807) is 6.07 Å². The van der Waals surface area contributed by atoms with Gasteiger partial charge in [0.15, 0.2) is 0 Å². The molecule has 0 aromatic carbocycles. The molecule has 1 aromatic heterocycles. The zero-order valence-electron chi connectivity index (χ0n) is 5.97. The van der Waals surface area contributed by atoms with Crippen molar-refractivity contribution in [2.75, 3.05) is 6.61 Å². The minimum Gasteiger partial charge on any atom is -0.492 e. The molecule has 11 heavy (non-hydrogen) atoms. The normalized spacial score (nSPS) is 9.73. The second-order valence-electron chi connectivity index (χ2n) is 1.85. The van der Waals surface area contributed by atoms with E-state index < -0.39 is 5.95 Å². The Bertz CT molecular complexity index is 254. The summed E-state index contributed by atoms with van der Waals surface area (Å²) in [6, 6.07) is 1.61. The third kappa shape index (κ3) is 1.89. The first-order valence-corrected chi connectivity index (χ1v) is 3.97. The Kier molecular flexibility index (Phi) is 2.82. The SMILES string of the molecule is CCOc1ccnc(F)c1Br. The fraction of sp³-hybridized carbons (Fsp3) is 0.286. The molecule has 0 aliphatic rings. The van der Waals surface area contributed by atoms with Crippen molar-refractivity contribution in [1.82, 2.24) is 4.98 Å². The lowest BCUT2D eigenvalue weighted by molar-refractivity contribution is 0.334. The maximum Gasteiger partial charge on any atom is 0.230 e. The van der Waals surface area contributed by atoms with E-state index in [0.717, 1.165) is 0 Å². The summed E-state index contributed by atoms with van der Waals surface area (Å²) in [5, 5.41) is 0. The molecule has 0 unspecified atom stereocenters. The number of hydrogen-bond acceptors (Lipinski definition) is 2. The molecular formula is C7H7BrFNO. The Labute approximate surface area is 72.5 Å². The molecule has 4 heteroatoms. The molecule has 60 valence electrons. The van der Waals surface area contributed by atoms with Crippen LogP contribution in [0.5, 0.6) is 5.75 Å². The van der Waals surface area contributed by atoms with Gasteiger partial charge in [-0.3, -0.25) is 0 Å². The molecule has 0 bridgehead atoms. The third-order valence-electron chi connectivity index (χ3n) is 1.11. The maximum absolute atomic E-state index is 12.7. The average Bonchev–Trinajstić information content (AvgIpc) is 1.99. The van der Waals surface area contributed by atoms with Gasteiger partial charge in [0.2, 0.25) is 5.95 Å². The highest BCUT2D eigenvalue weighted by atomic mass is 79.9. The van der Waals surface area contributed by atoms with Crippen LogP contribution in [0.1, 0.15) is 6.92 Å². The first-order chi connectivity index (χ1) is 5.25. The van der Waals surface area contributed by atoms with E-state index in [0.29, 0.717) is 12.4 Å². The van der Waals surface area contributed by atoms with E-state index in [1.165, 1.54) is 6.20 Å². The lowest BCUT2D eigenvalue weighted by atomic mass is 10.4. The number of hydrogen-bond donors (Lipinski definition) is 0. The molecule has 1 heterocycles. The Balaban J connectivity index is 2.96. The van der Waals surface area contributed by atoms with Crippen molar-refractivity contribution in [3.63, 3.8) is 0 Å². The first-order valence-electron chi connectivity index (χ1n) is 3.18. The van der Waals surface area contributed by atoms with E-state index in [1.807, 2.05) is 6.92 Å². The number of rotatable bonds is 2. The van der Waals surface area contributed by atoms with E-state index in [9.17, 15) is 4.39 Å². The Morgan fingerprint density at radius 1 is 1.73 bits per heavy atom. The standard InChI is InChI=1S/C7H7BrFNO/c1-2-11-5-3-4-10-7(9)6(5)8/h3-4H,2H2,1H3. The van der Waals surface area contributed by atoms with Gasteiger partial charge in [0, 0.05) is 6.20 Å². The summed E-state index contributed by atoms with van der Waals surface area (Å²) in [4.78, 5) is 3.43. The molecule has 0 N–H and O–H groups in total. The van der Waals surface area contributed by atoms with Crippen molar-refractivity contribution in [2.24, 2.45) is 0 Å². The highest BCUT2D eigenvalue weighted by Gasteiger charge is 2.05. The quantitative estimate of drug-likeness (QED) is 0.714. The molecule has 1 aromatic rings. The van der Waals surface area contributed by atoms with Gasteiger partial charge in [-0.05, 0) is 28.9 Å². The van der Waals surface area contributed by atoms with Crippen LogP contribution in [0.4, 0.5) is 4.39 Å². The van der Waals surface area contributed by atoms with Gasteiger partial charge in [-0.1, -0.05) is 0 Å². The van der Waals surface area contributed by atoms with Gasteiger partial charge < -0.3 is 4.74 Å². The van der Waals surface area contributed by atoms with Crippen LogP contribution < -0.4 is 4.74 Å². The zero-order valence-corrected chi connectivity index (χ0v) is 7.56. The van der Waals surface area contributed by atoms with Crippen LogP contribution >= 0.6 is 15.9 Å². The van der Waals surface area contributed by atoms with Crippen molar-refractivity contribution in [3.8, 4) is 5.75 Å². The molecule has 0 saturated carbocycles. The molecule has 0 radical (unpaired) electrons. The molecule has 0 spiro atoms. The molecule has 0 aliphatic heterocycles. The largest absolute Gasteiger partial charge is 0.492 e. The number of aromatic nitrogens is 1. The van der Waals surface area contributed by atoms with Crippen molar-refractivity contribution >= 4 is 15.9 Å². The highest BCUT2D eigenvalue weighted by molar-refractivity contribution is 9.10. The van der Waals surface area contributed by atoms with Gasteiger partial charge in [0.05, 0.1) is 6.61 Å². The molecule has 0 atom stereocenters. The van der Waals surface area contributed by atoms with Crippen LogP contribution in [0.3, 0.4) is 0 Å². The van der Waals surface area contributed by atoms with Crippen molar-refractivity contribution in [1.29, 1.82) is 0 Å². The monoisotopic (exact) mass is 219 g/mol. The Morgan fingerprint density at radius 3 is 3.09 bits per heavy atom. The molecule has 2 nitrogen and oxygen atoms in total. The lowest BCUT2D eigenvalue weighted by Gasteiger charge is -2.03. The summed E-state index contributed by atoms with van der Waals surface area (Å²) in [6.07, 6.45) is 1.37. The van der Waals surface area contributed by atoms with Gasteiger partial charge in [-0.2, -0.15) is 4.39 Å². The zero-order chi connectivity index (χ0) is 8.27. The first kappa shape index (κ1) is 8.46. The summed E-state index contributed by atoms with van der Waals surface area (Å²) in [5.74, 6) is -0.0593. The highest BCUT2D eigenvalue weighted by Crippen LogP contribution is 2.25. The summed E-state index contributed by atoms with van der Waals surface area (Å²) in [6.45, 7) is 2.35. The van der Waals surface area contributed by atoms with Crippen LogP contribution in [0.2, 0.25) is 0 Å². The van der Waals surface area contributed by atoms with Gasteiger partial charge in [-0.15, -0.1) is 0 Å². The molecule has 1 rings (SSSR count). The van der Waals surface area contributed by atoms with E-state index in [-0.39, 0.29) is 4.47 Å². The van der Waals surface area contributed by atoms with Crippen LogP contribution in [0.25, 0.3) is 0 Å². The Morgan fingerprint density at radius 2 is 2.45 bits per heavy atom. The molecule has 0 amide bonds. The summed E-state index contributed by atoms with van der Waals surface area (Å²) < 4.78 is 18.0.